The molecular weight excluding hydrogens is 536 g/mol. The molecule has 1 amide bonds. The summed E-state index contributed by atoms with van der Waals surface area (Å²) < 4.78 is 17.1. The summed E-state index contributed by atoms with van der Waals surface area (Å²) in [6.45, 7) is 0.580. The molecule has 2 unspecified atom stereocenters. The van der Waals surface area contributed by atoms with Gasteiger partial charge in [-0.1, -0.05) is 5.92 Å². The highest BCUT2D eigenvalue weighted by Crippen LogP contribution is 2.32. The van der Waals surface area contributed by atoms with Gasteiger partial charge in [-0.25, -0.2) is 24.5 Å². The topological polar surface area (TPSA) is 195 Å². The second-order valence-corrected chi connectivity index (χ2v) is 9.81. The van der Waals surface area contributed by atoms with Gasteiger partial charge in [-0.15, -0.1) is 0 Å². The Morgan fingerprint density at radius 3 is 2.54 bits per heavy atom. The number of fused-ring (bicyclic) bond motifs is 1. The van der Waals surface area contributed by atoms with Gasteiger partial charge < -0.3 is 40.2 Å². The molecule has 5 N–H and O–H groups in total. The molecule has 2 saturated heterocycles. The fraction of sp³-hybridized carbons (Fsp3) is 0.444. The maximum Gasteiger partial charge on any atom is 0.415 e. The van der Waals surface area contributed by atoms with Crippen LogP contribution in [0.4, 0.5) is 10.6 Å². The van der Waals surface area contributed by atoms with E-state index < -0.39 is 43.2 Å². The van der Waals surface area contributed by atoms with E-state index in [9.17, 15) is 24.9 Å². The van der Waals surface area contributed by atoms with E-state index in [1.165, 1.54) is 30.1 Å². The molecule has 41 heavy (non-hydrogen) atoms. The van der Waals surface area contributed by atoms with Crippen LogP contribution in [0.2, 0.25) is 0 Å². The Labute approximate surface area is 234 Å². The first-order valence-corrected chi connectivity index (χ1v) is 13.1. The van der Waals surface area contributed by atoms with Gasteiger partial charge in [0, 0.05) is 19.5 Å². The van der Waals surface area contributed by atoms with Crippen LogP contribution in [0.15, 0.2) is 30.6 Å². The number of piperidine rings is 1. The number of ether oxygens (including phenoxy) is 3. The molecule has 0 bridgehead atoms. The van der Waals surface area contributed by atoms with Gasteiger partial charge in [-0.2, -0.15) is 0 Å². The van der Waals surface area contributed by atoms with Gasteiger partial charge in [0.25, 0.3) is 0 Å². The van der Waals surface area contributed by atoms with Crippen molar-refractivity contribution in [1.29, 1.82) is 0 Å². The lowest BCUT2D eigenvalue weighted by Crippen LogP contribution is -2.40. The Bertz CT molecular complexity index is 1470. The molecule has 4 heterocycles. The zero-order valence-electron chi connectivity index (χ0n) is 22.2. The monoisotopic (exact) mass is 566 g/mol. The lowest BCUT2D eigenvalue weighted by Gasteiger charge is -2.30. The summed E-state index contributed by atoms with van der Waals surface area (Å²) in [6, 6.07) is 6.16. The predicted molar refractivity (Wildman–Crippen MR) is 142 cm³/mol. The number of hydrogen-bond donors (Lipinski definition) is 4. The highest BCUT2D eigenvalue weighted by Gasteiger charge is 2.44. The summed E-state index contributed by atoms with van der Waals surface area (Å²) in [5.41, 5.74) is 7.01. The molecule has 2 aliphatic heterocycles. The number of imidazole rings is 1. The number of benzene rings is 1. The number of anilines is 1. The van der Waals surface area contributed by atoms with Crippen molar-refractivity contribution in [3.8, 4) is 17.6 Å². The van der Waals surface area contributed by atoms with Gasteiger partial charge in [0.1, 0.15) is 29.6 Å². The minimum Gasteiger partial charge on any atom is -0.465 e. The third-order valence-corrected chi connectivity index (χ3v) is 7.18. The SMILES string of the molecule is COC(=O)c1ccc(OC(=O)N2CCC(CC#Cc3nc(N)c4ncn(C5OC(CO)[C@H](O)[C@@H]5O)c4n3)CC2)cc1. The lowest BCUT2D eigenvalue weighted by atomic mass is 9.94. The van der Waals surface area contributed by atoms with E-state index in [2.05, 4.69) is 31.5 Å². The average molecular weight is 567 g/mol. The molecule has 0 saturated carbocycles. The molecular formula is C27H30N6O8. The smallest absolute Gasteiger partial charge is 0.415 e. The zero-order valence-corrected chi connectivity index (χ0v) is 22.2. The largest absolute Gasteiger partial charge is 0.465 e. The van der Waals surface area contributed by atoms with Crippen LogP contribution in [-0.4, -0.2) is 96.9 Å². The van der Waals surface area contributed by atoms with Crippen LogP contribution in [0.25, 0.3) is 11.2 Å². The number of rotatable bonds is 5. The fourth-order valence-electron chi connectivity index (χ4n) is 4.83. The molecule has 1 aromatic carbocycles. The summed E-state index contributed by atoms with van der Waals surface area (Å²) in [6.07, 6.45) is -1.56. The Kier molecular flexibility index (Phi) is 8.31. The number of nitrogens with zero attached hydrogens (tertiary/aromatic N) is 5. The van der Waals surface area contributed by atoms with Crippen molar-refractivity contribution in [2.75, 3.05) is 32.5 Å². The number of carbonyl (C=O) groups excluding carboxylic acids is 2. The standard InChI is InChI=1S/C27H30N6O8/c1-39-26(37)16-5-7-17(8-6-16)40-27(38)32-11-9-15(10-12-32)3-2-4-19-30-23(28)20-24(31-19)33(14-29-20)25-22(36)21(35)18(13-34)41-25/h5-8,14-15,18,21-22,25,34-36H,3,9-13H2,1H3,(H2,28,30,31)/t18?,21-,22-,25?/m0/s1. The van der Waals surface area contributed by atoms with Gasteiger partial charge in [0.15, 0.2) is 17.7 Å². The van der Waals surface area contributed by atoms with Gasteiger partial charge >= 0.3 is 12.1 Å². The van der Waals surface area contributed by atoms with Crippen molar-refractivity contribution in [3.05, 3.63) is 42.0 Å². The minimum absolute atomic E-state index is 0.108. The van der Waals surface area contributed by atoms with Gasteiger partial charge in [-0.3, -0.25) is 4.57 Å². The van der Waals surface area contributed by atoms with Crippen molar-refractivity contribution >= 4 is 29.0 Å². The van der Waals surface area contributed by atoms with Crippen molar-refractivity contribution in [2.24, 2.45) is 5.92 Å². The number of likely N-dealkylation sites (tertiary alicyclic amines) is 1. The molecule has 0 radical (unpaired) electrons. The van der Waals surface area contributed by atoms with E-state index >= 15 is 0 Å². The number of aromatic nitrogens is 4. The molecule has 2 aliphatic rings. The predicted octanol–water partition coefficient (Wildman–Crippen LogP) is 0.459. The first-order valence-electron chi connectivity index (χ1n) is 13.1. The van der Waals surface area contributed by atoms with E-state index in [-0.39, 0.29) is 23.2 Å². The highest BCUT2D eigenvalue weighted by molar-refractivity contribution is 5.89. The van der Waals surface area contributed by atoms with Crippen LogP contribution in [0, 0.1) is 17.8 Å². The Hall–Kier alpha value is -4.29. The van der Waals surface area contributed by atoms with Crippen molar-refractivity contribution < 1.29 is 39.1 Å². The van der Waals surface area contributed by atoms with Gasteiger partial charge in [-0.05, 0) is 48.9 Å². The molecule has 2 fully saturated rings. The van der Waals surface area contributed by atoms with Crippen LogP contribution in [0.5, 0.6) is 5.75 Å². The number of hydrogen-bond acceptors (Lipinski definition) is 12. The number of carbonyl (C=O) groups is 2. The second-order valence-electron chi connectivity index (χ2n) is 9.81. The van der Waals surface area contributed by atoms with Crippen LogP contribution in [-0.2, 0) is 9.47 Å². The van der Waals surface area contributed by atoms with E-state index in [1.807, 2.05) is 0 Å². The zero-order chi connectivity index (χ0) is 29.1. The molecule has 0 spiro atoms. The molecule has 4 atom stereocenters. The lowest BCUT2D eigenvalue weighted by molar-refractivity contribution is -0.0511. The van der Waals surface area contributed by atoms with Gasteiger partial charge in [0.05, 0.1) is 25.6 Å². The Morgan fingerprint density at radius 2 is 1.88 bits per heavy atom. The molecule has 3 aromatic rings. The number of nitrogen functional groups attached to an aromatic ring is 1. The Morgan fingerprint density at radius 1 is 1.15 bits per heavy atom. The van der Waals surface area contributed by atoms with Crippen LogP contribution >= 0.6 is 0 Å². The number of aliphatic hydroxyl groups is 3. The van der Waals surface area contributed by atoms with Crippen LogP contribution in [0.3, 0.4) is 0 Å². The normalized spacial score (nSPS) is 22.8. The number of nitrogens with two attached hydrogens (primary N) is 1. The van der Waals surface area contributed by atoms with Crippen LogP contribution < -0.4 is 10.5 Å². The van der Waals surface area contributed by atoms with E-state index in [1.54, 1.807) is 17.0 Å². The van der Waals surface area contributed by atoms with E-state index in [4.69, 9.17) is 15.2 Å². The van der Waals surface area contributed by atoms with E-state index in [0.717, 1.165) is 12.8 Å². The third-order valence-electron chi connectivity index (χ3n) is 7.18. The first-order chi connectivity index (χ1) is 19.8. The molecule has 2 aromatic heterocycles. The van der Waals surface area contributed by atoms with Crippen molar-refractivity contribution in [2.45, 2.75) is 43.8 Å². The average Bonchev–Trinajstić information content (AvgIpc) is 3.53. The summed E-state index contributed by atoms with van der Waals surface area (Å²) in [5.74, 6) is 6.44. The maximum atomic E-state index is 12.6. The maximum absolute atomic E-state index is 12.6. The quantitative estimate of drug-likeness (QED) is 0.246. The summed E-state index contributed by atoms with van der Waals surface area (Å²) in [7, 11) is 1.30. The molecule has 14 heteroatoms. The van der Waals surface area contributed by atoms with Crippen molar-refractivity contribution in [3.63, 3.8) is 0 Å². The fourth-order valence-corrected chi connectivity index (χ4v) is 4.83. The number of esters is 1. The van der Waals surface area contributed by atoms with Crippen LogP contribution in [0.1, 0.15) is 41.7 Å². The number of amides is 1. The first kappa shape index (κ1) is 28.2. The van der Waals surface area contributed by atoms with E-state index in [0.29, 0.717) is 36.3 Å². The van der Waals surface area contributed by atoms with Gasteiger partial charge in [0.2, 0.25) is 5.82 Å². The molecule has 216 valence electrons. The number of methoxy groups -OCH3 is 1. The summed E-state index contributed by atoms with van der Waals surface area (Å²) in [5, 5.41) is 29.9. The molecule has 0 aliphatic carbocycles. The Balaban J connectivity index is 1.17. The third kappa shape index (κ3) is 5.93. The summed E-state index contributed by atoms with van der Waals surface area (Å²) >= 11 is 0. The van der Waals surface area contributed by atoms with Crippen molar-refractivity contribution in [1.82, 2.24) is 24.4 Å². The second kappa shape index (κ2) is 12.1. The molecule has 5 rings (SSSR count). The minimum atomic E-state index is -1.30. The molecule has 14 nitrogen and oxygen atoms in total. The highest BCUT2D eigenvalue weighted by atomic mass is 16.6. The number of aliphatic hydroxyl groups excluding tert-OH is 3. The summed E-state index contributed by atoms with van der Waals surface area (Å²) in [4.78, 5) is 38.6.